The number of aryl methyl sites for hydroxylation is 1. The van der Waals surface area contributed by atoms with Crippen LogP contribution in [0.5, 0.6) is 0 Å². The second-order valence-corrected chi connectivity index (χ2v) is 11.3. The SMILES string of the molecule is Cc1ccc(C(=O)N2CC(C)CC(C)C2)cc1NC(=O)C(C)NS(=O)(=O)c1cccs1. The van der Waals surface area contributed by atoms with Gasteiger partial charge < -0.3 is 10.2 Å². The number of benzene rings is 1. The minimum absolute atomic E-state index is 0.0552. The van der Waals surface area contributed by atoms with Crippen LogP contribution in [-0.2, 0) is 14.8 Å². The lowest BCUT2D eigenvalue weighted by molar-refractivity contribution is -0.117. The number of nitrogens with one attached hydrogen (secondary N) is 2. The van der Waals surface area contributed by atoms with Crippen LogP contribution in [0.4, 0.5) is 5.69 Å². The van der Waals surface area contributed by atoms with Crippen molar-refractivity contribution in [2.75, 3.05) is 18.4 Å². The smallest absolute Gasteiger partial charge is 0.253 e. The lowest BCUT2D eigenvalue weighted by atomic mass is 9.91. The van der Waals surface area contributed by atoms with Crippen molar-refractivity contribution in [3.8, 4) is 0 Å². The number of carbonyl (C=O) groups is 2. The van der Waals surface area contributed by atoms with Crippen LogP contribution in [0.25, 0.3) is 0 Å². The van der Waals surface area contributed by atoms with Crippen LogP contribution in [0.15, 0.2) is 39.9 Å². The molecule has 0 radical (unpaired) electrons. The Balaban J connectivity index is 1.71. The standard InChI is InChI=1S/C22H29N3O4S2/c1-14-10-15(2)13-25(12-14)22(27)18-8-7-16(3)19(11-18)23-21(26)17(4)24-31(28,29)20-6-5-9-30-20/h5-9,11,14-15,17,24H,10,12-13H2,1-4H3,(H,23,26). The van der Waals surface area contributed by atoms with Gasteiger partial charge in [0.05, 0.1) is 6.04 Å². The number of likely N-dealkylation sites (tertiary alicyclic amines) is 1. The summed E-state index contributed by atoms with van der Waals surface area (Å²) in [4.78, 5) is 27.5. The average molecular weight is 464 g/mol. The van der Waals surface area contributed by atoms with Gasteiger partial charge >= 0.3 is 0 Å². The van der Waals surface area contributed by atoms with Crippen LogP contribution < -0.4 is 10.0 Å². The molecule has 1 aliphatic rings. The van der Waals surface area contributed by atoms with Gasteiger partial charge in [-0.25, -0.2) is 8.42 Å². The molecule has 0 saturated carbocycles. The van der Waals surface area contributed by atoms with E-state index in [0.29, 0.717) is 23.1 Å². The molecule has 1 aliphatic heterocycles. The number of hydrogen-bond donors (Lipinski definition) is 2. The fourth-order valence-electron chi connectivity index (χ4n) is 3.90. The van der Waals surface area contributed by atoms with Crippen molar-refractivity contribution in [1.29, 1.82) is 0 Å². The first-order chi connectivity index (χ1) is 14.6. The Hall–Kier alpha value is -2.23. The van der Waals surface area contributed by atoms with Crippen molar-refractivity contribution < 1.29 is 18.0 Å². The molecule has 2 amide bonds. The third kappa shape index (κ3) is 5.72. The van der Waals surface area contributed by atoms with E-state index in [1.165, 1.54) is 13.0 Å². The van der Waals surface area contributed by atoms with Gasteiger partial charge in [-0.2, -0.15) is 4.72 Å². The number of anilines is 1. The largest absolute Gasteiger partial charge is 0.338 e. The van der Waals surface area contributed by atoms with Gasteiger partial charge in [0.15, 0.2) is 0 Å². The Labute approximate surface area is 187 Å². The van der Waals surface area contributed by atoms with Gasteiger partial charge in [-0.15, -0.1) is 11.3 Å². The number of hydrogen-bond acceptors (Lipinski definition) is 5. The Morgan fingerprint density at radius 1 is 1.16 bits per heavy atom. The molecule has 7 nitrogen and oxygen atoms in total. The van der Waals surface area contributed by atoms with E-state index in [9.17, 15) is 18.0 Å². The van der Waals surface area contributed by atoms with Crippen LogP contribution in [0.1, 0.15) is 43.1 Å². The molecule has 1 aromatic heterocycles. The maximum absolute atomic E-state index is 13.0. The molecule has 168 valence electrons. The van der Waals surface area contributed by atoms with E-state index in [2.05, 4.69) is 23.9 Å². The molecule has 3 rings (SSSR count). The second-order valence-electron chi connectivity index (χ2n) is 8.45. The molecule has 0 bridgehead atoms. The zero-order valence-corrected chi connectivity index (χ0v) is 19.8. The Morgan fingerprint density at radius 2 is 1.84 bits per heavy atom. The van der Waals surface area contributed by atoms with Gasteiger partial charge in [-0.05, 0) is 61.2 Å². The van der Waals surface area contributed by atoms with E-state index >= 15 is 0 Å². The minimum atomic E-state index is -3.76. The highest BCUT2D eigenvalue weighted by atomic mass is 32.2. The topological polar surface area (TPSA) is 95.6 Å². The minimum Gasteiger partial charge on any atom is -0.338 e. The molecule has 0 aliphatic carbocycles. The summed E-state index contributed by atoms with van der Waals surface area (Å²) in [6.07, 6.45) is 1.11. The first-order valence-corrected chi connectivity index (χ1v) is 12.7. The fourth-order valence-corrected chi connectivity index (χ4v) is 6.12. The first-order valence-electron chi connectivity index (χ1n) is 10.3. The molecular weight excluding hydrogens is 434 g/mol. The van der Waals surface area contributed by atoms with Crippen molar-refractivity contribution in [2.24, 2.45) is 11.8 Å². The van der Waals surface area contributed by atoms with Gasteiger partial charge in [0.1, 0.15) is 4.21 Å². The summed E-state index contributed by atoms with van der Waals surface area (Å²) in [6.45, 7) is 9.06. The van der Waals surface area contributed by atoms with Crippen LogP contribution in [0.2, 0.25) is 0 Å². The highest BCUT2D eigenvalue weighted by Gasteiger charge is 2.27. The summed E-state index contributed by atoms with van der Waals surface area (Å²) in [7, 11) is -3.76. The Bertz CT molecular complexity index is 1040. The molecule has 0 spiro atoms. The molecule has 1 fully saturated rings. The van der Waals surface area contributed by atoms with E-state index in [1.807, 2.05) is 11.8 Å². The summed E-state index contributed by atoms with van der Waals surface area (Å²) in [6, 6.07) is 7.37. The van der Waals surface area contributed by atoms with Crippen molar-refractivity contribution in [3.63, 3.8) is 0 Å². The molecule has 9 heteroatoms. The van der Waals surface area contributed by atoms with Crippen molar-refractivity contribution >= 4 is 38.9 Å². The monoisotopic (exact) mass is 463 g/mol. The number of sulfonamides is 1. The summed E-state index contributed by atoms with van der Waals surface area (Å²) < 4.78 is 27.3. The lowest BCUT2D eigenvalue weighted by Gasteiger charge is -2.35. The molecular formula is C22H29N3O4S2. The third-order valence-electron chi connectivity index (χ3n) is 5.38. The molecule has 2 aromatic rings. The van der Waals surface area contributed by atoms with E-state index in [1.54, 1.807) is 29.6 Å². The highest BCUT2D eigenvalue weighted by molar-refractivity contribution is 7.91. The Kier molecular flexibility index (Phi) is 7.18. The zero-order chi connectivity index (χ0) is 22.8. The predicted octanol–water partition coefficient (Wildman–Crippen LogP) is 3.48. The Morgan fingerprint density at radius 3 is 2.45 bits per heavy atom. The maximum Gasteiger partial charge on any atom is 0.253 e. The van der Waals surface area contributed by atoms with Gasteiger partial charge in [-0.1, -0.05) is 26.0 Å². The molecule has 1 saturated heterocycles. The van der Waals surface area contributed by atoms with E-state index < -0.39 is 22.0 Å². The number of piperidine rings is 1. The average Bonchev–Trinajstić information content (AvgIpc) is 3.24. The van der Waals surface area contributed by atoms with Crippen molar-refractivity contribution in [2.45, 2.75) is 44.4 Å². The number of thiophene rings is 1. The third-order valence-corrected chi connectivity index (χ3v) is 8.32. The van der Waals surface area contributed by atoms with Crippen LogP contribution in [-0.4, -0.2) is 44.3 Å². The number of rotatable bonds is 6. The van der Waals surface area contributed by atoms with Gasteiger partial charge in [0, 0.05) is 24.3 Å². The molecule has 3 unspecified atom stereocenters. The second kappa shape index (κ2) is 9.50. The molecule has 2 heterocycles. The van der Waals surface area contributed by atoms with E-state index in [-0.39, 0.29) is 10.1 Å². The first kappa shape index (κ1) is 23.4. The zero-order valence-electron chi connectivity index (χ0n) is 18.2. The summed E-state index contributed by atoms with van der Waals surface area (Å²) >= 11 is 1.08. The van der Waals surface area contributed by atoms with Gasteiger partial charge in [0.2, 0.25) is 5.91 Å². The summed E-state index contributed by atoms with van der Waals surface area (Å²) in [5.74, 6) is 0.359. The highest BCUT2D eigenvalue weighted by Crippen LogP contribution is 2.24. The quantitative estimate of drug-likeness (QED) is 0.686. The van der Waals surface area contributed by atoms with Gasteiger partial charge in [0.25, 0.3) is 15.9 Å². The van der Waals surface area contributed by atoms with Crippen LogP contribution >= 0.6 is 11.3 Å². The van der Waals surface area contributed by atoms with Crippen LogP contribution in [0.3, 0.4) is 0 Å². The summed E-state index contributed by atoms with van der Waals surface area (Å²) in [5, 5.41) is 4.42. The molecule has 2 N–H and O–H groups in total. The predicted molar refractivity (Wildman–Crippen MR) is 123 cm³/mol. The van der Waals surface area contributed by atoms with E-state index in [0.717, 1.165) is 36.4 Å². The normalized spacial score (nSPS) is 20.3. The van der Waals surface area contributed by atoms with Crippen molar-refractivity contribution in [3.05, 3.63) is 46.8 Å². The van der Waals surface area contributed by atoms with Crippen molar-refractivity contribution in [1.82, 2.24) is 9.62 Å². The molecule has 3 atom stereocenters. The maximum atomic E-state index is 13.0. The number of carbonyl (C=O) groups excluding carboxylic acids is 2. The molecule has 31 heavy (non-hydrogen) atoms. The number of nitrogens with zero attached hydrogens (tertiary/aromatic N) is 1. The van der Waals surface area contributed by atoms with E-state index in [4.69, 9.17) is 0 Å². The molecule has 1 aromatic carbocycles. The fraction of sp³-hybridized carbons (Fsp3) is 0.455. The number of amides is 2. The summed E-state index contributed by atoms with van der Waals surface area (Å²) in [5.41, 5.74) is 1.80. The van der Waals surface area contributed by atoms with Crippen LogP contribution in [0, 0.1) is 18.8 Å². The van der Waals surface area contributed by atoms with Gasteiger partial charge in [-0.3, -0.25) is 9.59 Å². The lowest BCUT2D eigenvalue weighted by Crippen LogP contribution is -2.42.